The van der Waals surface area contributed by atoms with Gasteiger partial charge in [0, 0.05) is 25.1 Å². The Morgan fingerprint density at radius 2 is 1.44 bits per heavy atom. The first kappa shape index (κ1) is 17.4. The molecule has 0 spiro atoms. The molecule has 0 fully saturated rings. The molecule has 1 unspecified atom stereocenters. The molecule has 0 saturated heterocycles. The summed E-state index contributed by atoms with van der Waals surface area (Å²) in [7, 11) is -0.965. The summed E-state index contributed by atoms with van der Waals surface area (Å²) in [5.74, 6) is 0. The summed E-state index contributed by atoms with van der Waals surface area (Å²) in [4.78, 5) is 0. The third kappa shape index (κ3) is 5.86. The van der Waals surface area contributed by atoms with Gasteiger partial charge >= 0.3 is 0 Å². The molecule has 2 aromatic carbocycles. The van der Waals surface area contributed by atoms with E-state index in [2.05, 4.69) is 69.9 Å². The van der Waals surface area contributed by atoms with Crippen LogP contribution in [0.4, 0.5) is 0 Å². The SMILES string of the molecule is CC([c-]1cccc1)[Si](C)(C)C.C[c-]1[cH-][cH-][cH-][cH-]1.[Fe]. The van der Waals surface area contributed by atoms with Crippen LogP contribution in [0.2, 0.25) is 19.6 Å². The third-order valence-corrected chi connectivity index (χ3v) is 6.25. The predicted molar refractivity (Wildman–Crippen MR) is 80.6 cm³/mol. The maximum absolute atomic E-state index is 2.42. The van der Waals surface area contributed by atoms with Gasteiger partial charge in [-0.1, -0.05) is 32.1 Å². The maximum Gasteiger partial charge on any atom is 0.0399 e. The summed E-state index contributed by atoms with van der Waals surface area (Å²) in [5, 5.41) is 0. The molecular formula is C16H24FeSi-6. The van der Waals surface area contributed by atoms with Gasteiger partial charge in [-0.25, -0.2) is 19.1 Å². The Hall–Kier alpha value is -0.564. The molecule has 1 atom stereocenters. The molecule has 0 amide bonds. The molecule has 0 aromatic heterocycles. The minimum absolute atomic E-state index is 0. The van der Waals surface area contributed by atoms with Gasteiger partial charge in [0.25, 0.3) is 0 Å². The molecule has 0 saturated carbocycles. The zero-order chi connectivity index (χ0) is 12.9. The quantitative estimate of drug-likeness (QED) is 0.535. The van der Waals surface area contributed by atoms with Crippen LogP contribution in [0.3, 0.4) is 0 Å². The van der Waals surface area contributed by atoms with Crippen LogP contribution < -0.4 is 0 Å². The fraction of sp³-hybridized carbons (Fsp3) is 0.375. The average Bonchev–Trinajstić information content (AvgIpc) is 2.87. The second-order valence-corrected chi connectivity index (χ2v) is 11.4. The standard InChI is InChI=1S/C10H17Si.C6H7.Fe/c1-9(11(2,3)4)10-7-5-6-8-10;1-6-4-2-3-5-6;/h5-9H,1-4H3;2-5H,1H3;/q-1;-5;. The average molecular weight is 300 g/mol. The Kier molecular flexibility index (Phi) is 7.54. The van der Waals surface area contributed by atoms with Crippen molar-refractivity contribution in [1.82, 2.24) is 0 Å². The van der Waals surface area contributed by atoms with Gasteiger partial charge in [0.1, 0.15) is 0 Å². The zero-order valence-electron chi connectivity index (χ0n) is 12.0. The van der Waals surface area contributed by atoms with Crippen molar-refractivity contribution in [3.05, 3.63) is 59.7 Å². The van der Waals surface area contributed by atoms with Gasteiger partial charge in [-0.2, -0.15) is 17.7 Å². The Balaban J connectivity index is 0.000000352. The number of hydrogen-bond donors (Lipinski definition) is 0. The fourth-order valence-electron chi connectivity index (χ4n) is 1.65. The van der Waals surface area contributed by atoms with E-state index in [4.69, 9.17) is 0 Å². The van der Waals surface area contributed by atoms with Crippen molar-refractivity contribution in [3.8, 4) is 0 Å². The van der Waals surface area contributed by atoms with Crippen LogP contribution in [-0.2, 0) is 17.1 Å². The van der Waals surface area contributed by atoms with Crippen molar-refractivity contribution in [2.75, 3.05) is 0 Å². The Morgan fingerprint density at radius 3 is 1.72 bits per heavy atom. The van der Waals surface area contributed by atoms with Crippen molar-refractivity contribution in [2.24, 2.45) is 0 Å². The smallest absolute Gasteiger partial charge is 0.0399 e. The molecule has 0 bridgehead atoms. The van der Waals surface area contributed by atoms with E-state index in [0.717, 1.165) is 5.54 Å². The number of hydrogen-bond acceptors (Lipinski definition) is 0. The van der Waals surface area contributed by atoms with Gasteiger partial charge in [-0.05, 0) is 0 Å². The van der Waals surface area contributed by atoms with Crippen LogP contribution in [0.15, 0.2) is 48.5 Å². The van der Waals surface area contributed by atoms with Crippen molar-refractivity contribution >= 4 is 8.07 Å². The summed E-state index contributed by atoms with van der Waals surface area (Å²) in [5.41, 5.74) is 3.65. The van der Waals surface area contributed by atoms with E-state index in [-0.39, 0.29) is 17.1 Å². The van der Waals surface area contributed by atoms with Gasteiger partial charge in [0.15, 0.2) is 0 Å². The molecule has 0 nitrogen and oxygen atoms in total. The van der Waals surface area contributed by atoms with Gasteiger partial charge in [-0.15, -0.1) is 0 Å². The van der Waals surface area contributed by atoms with Gasteiger partial charge in [0.2, 0.25) is 0 Å². The third-order valence-electron chi connectivity index (χ3n) is 3.32. The molecule has 0 aliphatic rings. The van der Waals surface area contributed by atoms with E-state index in [9.17, 15) is 0 Å². The minimum atomic E-state index is -0.965. The summed E-state index contributed by atoms with van der Waals surface area (Å²) < 4.78 is 0. The van der Waals surface area contributed by atoms with E-state index >= 15 is 0 Å². The summed E-state index contributed by atoms with van der Waals surface area (Å²) in [6, 6.07) is 17.0. The Bertz CT molecular complexity index is 393. The first-order valence-electron chi connectivity index (χ1n) is 6.31. The van der Waals surface area contributed by atoms with Gasteiger partial charge in [-0.3, -0.25) is 0 Å². The molecule has 0 heterocycles. The molecule has 2 heteroatoms. The molecular weight excluding hydrogens is 276 g/mol. The largest absolute Gasteiger partial charge is 0.748 e. The Morgan fingerprint density at radius 1 is 1.00 bits per heavy atom. The molecule has 0 aliphatic heterocycles. The van der Waals surface area contributed by atoms with Crippen LogP contribution in [0.1, 0.15) is 23.6 Å². The fourth-order valence-corrected chi connectivity index (χ4v) is 2.84. The zero-order valence-corrected chi connectivity index (χ0v) is 14.2. The van der Waals surface area contributed by atoms with Gasteiger partial charge in [0.05, 0.1) is 0 Å². The summed E-state index contributed by atoms with van der Waals surface area (Å²) in [6.07, 6.45) is 0. The van der Waals surface area contributed by atoms with Crippen LogP contribution >= 0.6 is 0 Å². The second kappa shape index (κ2) is 7.78. The van der Waals surface area contributed by atoms with E-state index in [1.807, 2.05) is 12.1 Å². The topological polar surface area (TPSA) is 0 Å². The van der Waals surface area contributed by atoms with Crippen LogP contribution in [0, 0.1) is 6.92 Å². The molecule has 0 aliphatic carbocycles. The molecule has 106 valence electrons. The predicted octanol–water partition coefficient (Wildman–Crippen LogP) is 5.10. The number of aryl methyl sites for hydroxylation is 1. The number of rotatable bonds is 2. The molecule has 2 aromatic rings. The molecule has 2 rings (SSSR count). The molecule has 18 heavy (non-hydrogen) atoms. The van der Waals surface area contributed by atoms with Crippen molar-refractivity contribution in [1.29, 1.82) is 0 Å². The van der Waals surface area contributed by atoms with Crippen LogP contribution in [0.5, 0.6) is 0 Å². The van der Waals surface area contributed by atoms with E-state index in [1.54, 1.807) is 0 Å². The van der Waals surface area contributed by atoms with E-state index in [1.165, 1.54) is 11.1 Å². The first-order chi connectivity index (χ1) is 7.91. The van der Waals surface area contributed by atoms with Crippen LogP contribution in [-0.4, -0.2) is 8.07 Å². The monoisotopic (exact) mass is 300 g/mol. The maximum atomic E-state index is 2.42. The van der Waals surface area contributed by atoms with Crippen molar-refractivity contribution in [2.45, 2.75) is 39.0 Å². The van der Waals surface area contributed by atoms with Crippen molar-refractivity contribution < 1.29 is 17.1 Å². The van der Waals surface area contributed by atoms with Gasteiger partial charge < -0.3 is 29.8 Å². The van der Waals surface area contributed by atoms with Crippen LogP contribution in [0.25, 0.3) is 0 Å². The van der Waals surface area contributed by atoms with E-state index < -0.39 is 8.07 Å². The normalized spacial score (nSPS) is 12.1. The first-order valence-corrected chi connectivity index (χ1v) is 9.89. The molecule has 0 radical (unpaired) electrons. The minimum Gasteiger partial charge on any atom is -0.748 e. The molecule has 0 N–H and O–H groups in total. The Labute approximate surface area is 124 Å². The summed E-state index contributed by atoms with van der Waals surface area (Å²) >= 11 is 0. The van der Waals surface area contributed by atoms with E-state index in [0.29, 0.717) is 0 Å². The summed E-state index contributed by atoms with van der Waals surface area (Å²) in [6.45, 7) is 11.7. The van der Waals surface area contributed by atoms with Crippen molar-refractivity contribution in [3.63, 3.8) is 0 Å². The second-order valence-electron chi connectivity index (χ2n) is 5.77.